The molecule has 2 aromatic carbocycles. The second-order valence-electron chi connectivity index (χ2n) is 6.51. The van der Waals surface area contributed by atoms with Crippen LogP contribution in [-0.2, 0) is 11.3 Å². The molecule has 0 spiro atoms. The van der Waals surface area contributed by atoms with Gasteiger partial charge in [-0.2, -0.15) is 0 Å². The minimum absolute atomic E-state index is 0.0972. The van der Waals surface area contributed by atoms with E-state index in [0.29, 0.717) is 36.9 Å². The van der Waals surface area contributed by atoms with E-state index >= 15 is 0 Å². The maximum Gasteiger partial charge on any atom is 0.238 e. The number of likely N-dealkylation sites (N-methyl/N-ethyl adjacent to an activating group) is 1. The Balaban J connectivity index is 1.39. The number of halogens is 1. The minimum Gasteiger partial charge on any atom is -0.486 e. The van der Waals surface area contributed by atoms with E-state index in [9.17, 15) is 4.79 Å². The van der Waals surface area contributed by atoms with Crippen LogP contribution < -0.4 is 24.3 Å². The van der Waals surface area contributed by atoms with E-state index in [-0.39, 0.29) is 19.2 Å². The van der Waals surface area contributed by atoms with Crippen molar-refractivity contribution in [2.45, 2.75) is 13.5 Å². The molecule has 148 valence electrons. The van der Waals surface area contributed by atoms with Gasteiger partial charge >= 0.3 is 0 Å². The van der Waals surface area contributed by atoms with Crippen LogP contribution in [0.4, 0.5) is 5.69 Å². The summed E-state index contributed by atoms with van der Waals surface area (Å²) in [5.41, 5.74) is 1.73. The summed E-state index contributed by atoms with van der Waals surface area (Å²) in [6.07, 6.45) is 0. The van der Waals surface area contributed by atoms with Crippen LogP contribution in [0.3, 0.4) is 0 Å². The Morgan fingerprint density at radius 3 is 2.54 bits per heavy atom. The maximum atomic E-state index is 12.6. The van der Waals surface area contributed by atoms with Crippen molar-refractivity contribution in [3.63, 3.8) is 0 Å². The van der Waals surface area contributed by atoms with Gasteiger partial charge in [0.15, 0.2) is 23.0 Å². The van der Waals surface area contributed by atoms with Gasteiger partial charge in [-0.25, -0.2) is 0 Å². The highest BCUT2D eigenvalue weighted by Crippen LogP contribution is 2.38. The van der Waals surface area contributed by atoms with Gasteiger partial charge in [0.05, 0.1) is 12.2 Å². The van der Waals surface area contributed by atoms with E-state index in [1.54, 1.807) is 6.07 Å². The third kappa shape index (κ3) is 4.18. The molecule has 28 heavy (non-hydrogen) atoms. The van der Waals surface area contributed by atoms with E-state index in [4.69, 9.17) is 18.9 Å². The predicted octanol–water partition coefficient (Wildman–Crippen LogP) is 3.41. The van der Waals surface area contributed by atoms with Gasteiger partial charge in [-0.1, -0.05) is 13.0 Å². The molecule has 4 rings (SSSR count). The lowest BCUT2D eigenvalue weighted by Crippen LogP contribution is -2.32. The Morgan fingerprint density at radius 2 is 1.75 bits per heavy atom. The number of ether oxygens (including phenoxy) is 4. The zero-order valence-electron chi connectivity index (χ0n) is 15.5. The molecule has 2 heterocycles. The lowest BCUT2D eigenvalue weighted by molar-refractivity contribution is -0.117. The quantitative estimate of drug-likeness (QED) is 0.729. The van der Waals surface area contributed by atoms with Gasteiger partial charge in [0.25, 0.3) is 0 Å². The summed E-state index contributed by atoms with van der Waals surface area (Å²) >= 11 is 3.48. The number of amides is 1. The molecule has 0 unspecified atom stereocenters. The lowest BCUT2D eigenvalue weighted by Gasteiger charge is -2.22. The van der Waals surface area contributed by atoms with Crippen LogP contribution in [0.1, 0.15) is 12.5 Å². The zero-order valence-corrected chi connectivity index (χ0v) is 17.1. The van der Waals surface area contributed by atoms with Crippen LogP contribution in [0.2, 0.25) is 0 Å². The molecule has 2 aliphatic rings. The summed E-state index contributed by atoms with van der Waals surface area (Å²) in [4.78, 5) is 14.6. The summed E-state index contributed by atoms with van der Waals surface area (Å²) in [7, 11) is 0. The highest BCUT2D eigenvalue weighted by Gasteiger charge is 2.18. The average Bonchev–Trinajstić information content (AvgIpc) is 3.16. The van der Waals surface area contributed by atoms with Crippen molar-refractivity contribution in [1.82, 2.24) is 4.90 Å². The van der Waals surface area contributed by atoms with Crippen molar-refractivity contribution in [3.8, 4) is 23.0 Å². The summed E-state index contributed by atoms with van der Waals surface area (Å²) in [5, 5.41) is 2.94. The van der Waals surface area contributed by atoms with Gasteiger partial charge in [0, 0.05) is 23.2 Å². The summed E-state index contributed by atoms with van der Waals surface area (Å²) < 4.78 is 22.7. The van der Waals surface area contributed by atoms with E-state index in [2.05, 4.69) is 26.1 Å². The van der Waals surface area contributed by atoms with Crippen molar-refractivity contribution in [2.75, 3.05) is 38.4 Å². The largest absolute Gasteiger partial charge is 0.486 e. The molecule has 2 aliphatic heterocycles. The number of carbonyl (C=O) groups is 1. The molecule has 0 aromatic heterocycles. The Kier molecular flexibility index (Phi) is 5.59. The fraction of sp³-hybridized carbons (Fsp3) is 0.350. The van der Waals surface area contributed by atoms with E-state index in [1.165, 1.54) is 0 Å². The molecule has 2 aromatic rings. The first kappa shape index (κ1) is 18.9. The van der Waals surface area contributed by atoms with Gasteiger partial charge in [0.1, 0.15) is 13.2 Å². The van der Waals surface area contributed by atoms with E-state index < -0.39 is 0 Å². The normalized spacial score (nSPS) is 14.2. The van der Waals surface area contributed by atoms with Crippen LogP contribution in [0.5, 0.6) is 23.0 Å². The highest BCUT2D eigenvalue weighted by atomic mass is 79.9. The number of hydrogen-bond acceptors (Lipinski definition) is 6. The zero-order chi connectivity index (χ0) is 19.5. The molecule has 0 saturated carbocycles. The van der Waals surface area contributed by atoms with Crippen molar-refractivity contribution in [2.24, 2.45) is 0 Å². The van der Waals surface area contributed by atoms with Crippen LogP contribution in [0.25, 0.3) is 0 Å². The van der Waals surface area contributed by atoms with E-state index in [0.717, 1.165) is 28.1 Å². The molecule has 8 heteroatoms. The molecule has 0 aliphatic carbocycles. The molecule has 1 N–H and O–H groups in total. The van der Waals surface area contributed by atoms with Crippen molar-refractivity contribution in [3.05, 3.63) is 40.4 Å². The fourth-order valence-electron chi connectivity index (χ4n) is 3.13. The third-order valence-corrected chi connectivity index (χ3v) is 5.22. The molecule has 0 radical (unpaired) electrons. The monoisotopic (exact) mass is 448 g/mol. The van der Waals surface area contributed by atoms with Crippen molar-refractivity contribution in [1.29, 1.82) is 0 Å². The van der Waals surface area contributed by atoms with Crippen LogP contribution in [-0.4, -0.2) is 43.9 Å². The third-order valence-electron chi connectivity index (χ3n) is 4.56. The van der Waals surface area contributed by atoms with Crippen LogP contribution in [0, 0.1) is 0 Å². The number of carbonyl (C=O) groups excluding carboxylic acids is 1. The number of nitrogens with one attached hydrogen (secondary N) is 1. The first-order valence-corrected chi connectivity index (χ1v) is 9.91. The molecular formula is C20H21BrN2O5. The standard InChI is InChI=1S/C20H21BrN2O5/c1-2-23(10-13-3-4-16-17(7-13)28-12-27-16)11-20(24)22-15-9-19-18(8-14(15)21)25-5-6-26-19/h3-4,7-9H,2,5-6,10-12H2,1H3,(H,22,24). The number of benzene rings is 2. The highest BCUT2D eigenvalue weighted by molar-refractivity contribution is 9.10. The Hall–Kier alpha value is -2.45. The summed E-state index contributed by atoms with van der Waals surface area (Å²) in [6.45, 7) is 4.96. The second kappa shape index (κ2) is 8.28. The minimum atomic E-state index is -0.0972. The Morgan fingerprint density at radius 1 is 1.04 bits per heavy atom. The van der Waals surface area contributed by atoms with Gasteiger partial charge < -0.3 is 24.3 Å². The lowest BCUT2D eigenvalue weighted by atomic mass is 10.2. The second-order valence-corrected chi connectivity index (χ2v) is 7.37. The van der Waals surface area contributed by atoms with Crippen molar-refractivity contribution >= 4 is 27.5 Å². The smallest absolute Gasteiger partial charge is 0.238 e. The number of rotatable bonds is 6. The summed E-state index contributed by atoms with van der Waals surface area (Å²) in [5.74, 6) is 2.72. The Labute approximate surface area is 171 Å². The van der Waals surface area contributed by atoms with E-state index in [1.807, 2.05) is 31.2 Å². The molecule has 0 saturated heterocycles. The average molecular weight is 449 g/mol. The molecule has 0 bridgehead atoms. The SMILES string of the molecule is CCN(CC(=O)Nc1cc2c(cc1Br)OCCO2)Cc1ccc2c(c1)OCO2. The number of hydrogen-bond donors (Lipinski definition) is 1. The number of fused-ring (bicyclic) bond motifs is 2. The molecular weight excluding hydrogens is 428 g/mol. The Bertz CT molecular complexity index is 889. The first-order valence-electron chi connectivity index (χ1n) is 9.12. The first-order chi connectivity index (χ1) is 13.6. The maximum absolute atomic E-state index is 12.6. The molecule has 7 nitrogen and oxygen atoms in total. The number of nitrogens with zero attached hydrogens (tertiary/aromatic N) is 1. The van der Waals surface area contributed by atoms with Crippen LogP contribution >= 0.6 is 15.9 Å². The summed E-state index contributed by atoms with van der Waals surface area (Å²) in [6, 6.07) is 9.45. The van der Waals surface area contributed by atoms with Gasteiger partial charge in [-0.3, -0.25) is 9.69 Å². The topological polar surface area (TPSA) is 69.3 Å². The molecule has 1 amide bonds. The molecule has 0 fully saturated rings. The molecule has 0 atom stereocenters. The predicted molar refractivity (Wildman–Crippen MR) is 107 cm³/mol. The van der Waals surface area contributed by atoms with Gasteiger partial charge in [-0.05, 0) is 40.2 Å². The fourth-order valence-corrected chi connectivity index (χ4v) is 3.55. The van der Waals surface area contributed by atoms with Crippen molar-refractivity contribution < 1.29 is 23.7 Å². The number of anilines is 1. The van der Waals surface area contributed by atoms with Gasteiger partial charge in [0.2, 0.25) is 12.7 Å². The van der Waals surface area contributed by atoms with Crippen LogP contribution in [0.15, 0.2) is 34.8 Å². The van der Waals surface area contributed by atoms with Gasteiger partial charge in [-0.15, -0.1) is 0 Å².